The Bertz CT molecular complexity index is 661. The summed E-state index contributed by atoms with van der Waals surface area (Å²) in [5, 5.41) is 9.00. The Balaban J connectivity index is 1.84. The lowest BCUT2D eigenvalue weighted by molar-refractivity contribution is 0.0691. The highest BCUT2D eigenvalue weighted by Gasteiger charge is 2.28. The van der Waals surface area contributed by atoms with Gasteiger partial charge in [-0.25, -0.2) is 9.18 Å². The lowest BCUT2D eigenvalue weighted by atomic mass is 9.96. The molecule has 1 aromatic heterocycles. The highest BCUT2D eigenvalue weighted by molar-refractivity contribution is 5.88. The molecule has 2 heterocycles. The van der Waals surface area contributed by atoms with Crippen LogP contribution in [0, 0.1) is 5.82 Å². The molecule has 108 valence electrons. The van der Waals surface area contributed by atoms with Gasteiger partial charge in [-0.15, -0.1) is 0 Å². The lowest BCUT2D eigenvalue weighted by Gasteiger charge is -2.18. The normalized spacial score (nSPS) is 18.0. The third-order valence-corrected chi connectivity index (χ3v) is 3.90. The predicted molar refractivity (Wildman–Crippen MR) is 77.2 cm³/mol. The van der Waals surface area contributed by atoms with Crippen molar-refractivity contribution in [1.29, 1.82) is 0 Å². The Labute approximate surface area is 121 Å². The molecule has 4 nitrogen and oxygen atoms in total. The SMILES string of the molecule is O=C(O)c1cccc(C2CCN(c3cccnc3)C2)c1F. The van der Waals surface area contributed by atoms with Crippen LogP contribution < -0.4 is 4.90 Å². The van der Waals surface area contributed by atoms with Crippen LogP contribution in [-0.2, 0) is 0 Å². The van der Waals surface area contributed by atoms with Gasteiger partial charge in [0.2, 0.25) is 0 Å². The molecule has 0 spiro atoms. The molecule has 1 aliphatic heterocycles. The molecule has 2 aromatic rings. The molecule has 1 unspecified atom stereocenters. The molecule has 1 aromatic carbocycles. The number of carbonyl (C=O) groups is 1. The molecule has 1 atom stereocenters. The van der Waals surface area contributed by atoms with E-state index in [0.717, 1.165) is 18.7 Å². The zero-order valence-electron chi connectivity index (χ0n) is 11.4. The van der Waals surface area contributed by atoms with Crippen molar-refractivity contribution >= 4 is 11.7 Å². The molecular formula is C16H15FN2O2. The highest BCUT2D eigenvalue weighted by Crippen LogP contribution is 2.32. The van der Waals surface area contributed by atoms with E-state index in [1.807, 2.05) is 12.1 Å². The van der Waals surface area contributed by atoms with Crippen LogP contribution in [0.5, 0.6) is 0 Å². The van der Waals surface area contributed by atoms with E-state index in [2.05, 4.69) is 9.88 Å². The summed E-state index contributed by atoms with van der Waals surface area (Å²) in [6.45, 7) is 1.48. The summed E-state index contributed by atoms with van der Waals surface area (Å²) in [6.07, 6.45) is 4.30. The number of hydrogen-bond donors (Lipinski definition) is 1. The summed E-state index contributed by atoms with van der Waals surface area (Å²) in [5.41, 5.74) is 1.24. The summed E-state index contributed by atoms with van der Waals surface area (Å²) in [7, 11) is 0. The zero-order valence-corrected chi connectivity index (χ0v) is 11.4. The standard InChI is InChI=1S/C16H15FN2O2/c17-15-13(4-1-5-14(15)16(20)21)11-6-8-19(10-11)12-3-2-7-18-9-12/h1-5,7,9,11H,6,8,10H2,(H,20,21). The summed E-state index contributed by atoms with van der Waals surface area (Å²) in [4.78, 5) is 17.2. The van der Waals surface area contributed by atoms with Crippen molar-refractivity contribution in [2.75, 3.05) is 18.0 Å². The minimum atomic E-state index is -1.23. The zero-order chi connectivity index (χ0) is 14.8. The van der Waals surface area contributed by atoms with E-state index in [1.165, 1.54) is 6.07 Å². The summed E-state index contributed by atoms with van der Waals surface area (Å²) < 4.78 is 14.3. The lowest BCUT2D eigenvalue weighted by Crippen LogP contribution is -2.19. The van der Waals surface area contributed by atoms with E-state index in [9.17, 15) is 9.18 Å². The molecule has 1 fully saturated rings. The van der Waals surface area contributed by atoms with Crippen LogP contribution in [0.2, 0.25) is 0 Å². The Kier molecular flexibility index (Phi) is 3.56. The average molecular weight is 286 g/mol. The first-order chi connectivity index (χ1) is 10.2. The summed E-state index contributed by atoms with van der Waals surface area (Å²) in [5.74, 6) is -1.83. The molecule has 3 rings (SSSR count). The van der Waals surface area contributed by atoms with Crippen molar-refractivity contribution < 1.29 is 14.3 Å². The number of nitrogens with zero attached hydrogens (tertiary/aromatic N) is 2. The second-order valence-corrected chi connectivity index (χ2v) is 5.16. The number of carboxylic acid groups (broad SMARTS) is 1. The van der Waals surface area contributed by atoms with E-state index >= 15 is 0 Å². The van der Waals surface area contributed by atoms with Gasteiger partial charge < -0.3 is 10.0 Å². The van der Waals surface area contributed by atoms with Gasteiger partial charge in [-0.1, -0.05) is 12.1 Å². The molecule has 0 saturated carbocycles. The first kappa shape index (κ1) is 13.5. The van der Waals surface area contributed by atoms with Gasteiger partial charge in [0, 0.05) is 25.2 Å². The maximum Gasteiger partial charge on any atom is 0.338 e. The van der Waals surface area contributed by atoms with Crippen molar-refractivity contribution in [3.8, 4) is 0 Å². The van der Waals surface area contributed by atoms with Gasteiger partial charge in [0.05, 0.1) is 17.4 Å². The molecule has 5 heteroatoms. The summed E-state index contributed by atoms with van der Waals surface area (Å²) in [6, 6.07) is 8.43. The number of rotatable bonds is 3. The van der Waals surface area contributed by atoms with Gasteiger partial charge in [0.1, 0.15) is 5.82 Å². The fourth-order valence-corrected chi connectivity index (χ4v) is 2.82. The Morgan fingerprint density at radius 3 is 2.90 bits per heavy atom. The monoisotopic (exact) mass is 286 g/mol. The number of aromatic nitrogens is 1. The average Bonchev–Trinajstić information content (AvgIpc) is 2.98. The number of aromatic carboxylic acids is 1. The predicted octanol–water partition coefficient (Wildman–Crippen LogP) is 2.91. The first-order valence-electron chi connectivity index (χ1n) is 6.83. The molecule has 0 radical (unpaired) electrons. The molecular weight excluding hydrogens is 271 g/mol. The summed E-state index contributed by atoms with van der Waals surface area (Å²) >= 11 is 0. The Morgan fingerprint density at radius 2 is 2.19 bits per heavy atom. The van der Waals surface area contributed by atoms with Crippen LogP contribution >= 0.6 is 0 Å². The molecule has 21 heavy (non-hydrogen) atoms. The number of pyridine rings is 1. The highest BCUT2D eigenvalue weighted by atomic mass is 19.1. The van der Waals surface area contributed by atoms with Crippen molar-refractivity contribution in [3.05, 3.63) is 59.7 Å². The smallest absolute Gasteiger partial charge is 0.338 e. The first-order valence-corrected chi connectivity index (χ1v) is 6.83. The van der Waals surface area contributed by atoms with E-state index in [-0.39, 0.29) is 11.5 Å². The van der Waals surface area contributed by atoms with Gasteiger partial charge in [-0.05, 0) is 30.2 Å². The van der Waals surface area contributed by atoms with Crippen LogP contribution in [0.4, 0.5) is 10.1 Å². The molecule has 0 aliphatic carbocycles. The maximum absolute atomic E-state index is 14.3. The number of benzene rings is 1. The number of carboxylic acids is 1. The van der Waals surface area contributed by atoms with Crippen LogP contribution in [-0.4, -0.2) is 29.1 Å². The molecule has 1 aliphatic rings. The molecule has 0 amide bonds. The van der Waals surface area contributed by atoms with Crippen molar-refractivity contribution in [2.24, 2.45) is 0 Å². The fourth-order valence-electron chi connectivity index (χ4n) is 2.82. The molecule has 1 N–H and O–H groups in total. The van der Waals surface area contributed by atoms with Crippen LogP contribution in [0.1, 0.15) is 28.3 Å². The fraction of sp³-hybridized carbons (Fsp3) is 0.250. The second-order valence-electron chi connectivity index (χ2n) is 5.16. The van der Waals surface area contributed by atoms with Gasteiger partial charge in [0.15, 0.2) is 0 Å². The largest absolute Gasteiger partial charge is 0.478 e. The Hall–Kier alpha value is -2.43. The third kappa shape index (κ3) is 2.59. The minimum absolute atomic E-state index is 0.00417. The van der Waals surface area contributed by atoms with Gasteiger partial charge in [-0.3, -0.25) is 4.98 Å². The maximum atomic E-state index is 14.3. The molecule has 1 saturated heterocycles. The second kappa shape index (κ2) is 5.52. The van der Waals surface area contributed by atoms with E-state index < -0.39 is 11.8 Å². The van der Waals surface area contributed by atoms with Gasteiger partial charge in [-0.2, -0.15) is 0 Å². The van der Waals surface area contributed by atoms with Gasteiger partial charge in [0.25, 0.3) is 0 Å². The third-order valence-electron chi connectivity index (χ3n) is 3.90. The van der Waals surface area contributed by atoms with Gasteiger partial charge >= 0.3 is 5.97 Å². The topological polar surface area (TPSA) is 53.4 Å². The van der Waals surface area contributed by atoms with Crippen molar-refractivity contribution in [2.45, 2.75) is 12.3 Å². The van der Waals surface area contributed by atoms with Crippen LogP contribution in [0.3, 0.4) is 0 Å². The Morgan fingerprint density at radius 1 is 1.33 bits per heavy atom. The van der Waals surface area contributed by atoms with E-state index in [4.69, 9.17) is 5.11 Å². The van der Waals surface area contributed by atoms with E-state index in [1.54, 1.807) is 24.5 Å². The van der Waals surface area contributed by atoms with Crippen molar-refractivity contribution in [3.63, 3.8) is 0 Å². The minimum Gasteiger partial charge on any atom is -0.478 e. The van der Waals surface area contributed by atoms with E-state index in [0.29, 0.717) is 12.1 Å². The number of hydrogen-bond acceptors (Lipinski definition) is 3. The number of halogens is 1. The molecule has 0 bridgehead atoms. The quantitative estimate of drug-likeness (QED) is 0.942. The number of anilines is 1. The van der Waals surface area contributed by atoms with Crippen LogP contribution in [0.15, 0.2) is 42.7 Å². The van der Waals surface area contributed by atoms with Crippen molar-refractivity contribution in [1.82, 2.24) is 4.98 Å². The van der Waals surface area contributed by atoms with Crippen LogP contribution in [0.25, 0.3) is 0 Å².